The molecule has 1 aromatic carbocycles. The van der Waals surface area contributed by atoms with Crippen LogP contribution in [0.2, 0.25) is 5.02 Å². The highest BCUT2D eigenvalue weighted by Gasteiger charge is 2.35. The van der Waals surface area contributed by atoms with E-state index >= 15 is 0 Å². The summed E-state index contributed by atoms with van der Waals surface area (Å²) in [5.74, 6) is -2.19. The van der Waals surface area contributed by atoms with Crippen LogP contribution in [-0.2, 0) is 22.1 Å². The minimum atomic E-state index is -4.76. The van der Waals surface area contributed by atoms with Crippen molar-refractivity contribution in [2.75, 3.05) is 6.61 Å². The molecule has 18 heavy (non-hydrogen) atoms. The molecule has 0 heterocycles. The van der Waals surface area contributed by atoms with Gasteiger partial charge in [-0.1, -0.05) is 11.6 Å². The van der Waals surface area contributed by atoms with Crippen molar-refractivity contribution in [2.45, 2.75) is 19.5 Å². The van der Waals surface area contributed by atoms with Crippen LogP contribution in [0.5, 0.6) is 0 Å². The fourth-order valence-electron chi connectivity index (χ4n) is 1.39. The molecule has 0 saturated heterocycles. The molecule has 0 aliphatic heterocycles. The van der Waals surface area contributed by atoms with E-state index in [4.69, 9.17) is 11.6 Å². The first-order valence-electron chi connectivity index (χ1n) is 4.97. The highest BCUT2D eigenvalue weighted by Crippen LogP contribution is 2.35. The lowest BCUT2D eigenvalue weighted by Crippen LogP contribution is -2.16. The molecule has 0 saturated carbocycles. The van der Waals surface area contributed by atoms with E-state index in [1.54, 1.807) is 0 Å². The van der Waals surface area contributed by atoms with Crippen LogP contribution in [0.3, 0.4) is 0 Å². The number of ether oxygens (including phenoxy) is 1. The van der Waals surface area contributed by atoms with Gasteiger partial charge in [0.25, 0.3) is 0 Å². The highest BCUT2D eigenvalue weighted by atomic mass is 35.5. The normalized spacial score (nSPS) is 11.4. The molecule has 0 N–H and O–H groups in total. The van der Waals surface area contributed by atoms with Crippen molar-refractivity contribution in [2.24, 2.45) is 0 Å². The van der Waals surface area contributed by atoms with Gasteiger partial charge in [-0.15, -0.1) is 0 Å². The first kappa shape index (κ1) is 14.8. The van der Waals surface area contributed by atoms with E-state index in [2.05, 4.69) is 4.74 Å². The van der Waals surface area contributed by atoms with Crippen LogP contribution in [0.15, 0.2) is 12.1 Å². The van der Waals surface area contributed by atoms with Crippen LogP contribution in [0.4, 0.5) is 17.6 Å². The molecular weight excluding hydrogens is 276 g/mol. The predicted molar refractivity (Wildman–Crippen MR) is 56.7 cm³/mol. The molecule has 0 spiro atoms. The topological polar surface area (TPSA) is 26.3 Å². The van der Waals surface area contributed by atoms with Crippen molar-refractivity contribution < 1.29 is 27.1 Å². The molecule has 2 nitrogen and oxygen atoms in total. The number of benzene rings is 1. The largest absolute Gasteiger partial charge is 0.466 e. The summed E-state index contributed by atoms with van der Waals surface area (Å²) in [6.45, 7) is 1.50. The molecule has 0 bridgehead atoms. The van der Waals surface area contributed by atoms with Crippen LogP contribution in [0.25, 0.3) is 0 Å². The molecule has 0 aliphatic rings. The summed E-state index contributed by atoms with van der Waals surface area (Å²) in [4.78, 5) is 11.2. The molecule has 7 heteroatoms. The van der Waals surface area contributed by atoms with Crippen molar-refractivity contribution in [3.8, 4) is 0 Å². The van der Waals surface area contributed by atoms with Gasteiger partial charge in [0.2, 0.25) is 0 Å². The van der Waals surface area contributed by atoms with Crippen molar-refractivity contribution in [1.29, 1.82) is 0 Å². The number of halogens is 5. The lowest BCUT2D eigenvalue weighted by atomic mass is 10.0. The molecule has 1 rings (SSSR count). The van der Waals surface area contributed by atoms with Gasteiger partial charge in [-0.2, -0.15) is 13.2 Å². The van der Waals surface area contributed by atoms with Gasteiger partial charge in [-0.05, 0) is 19.1 Å². The van der Waals surface area contributed by atoms with Gasteiger partial charge < -0.3 is 4.74 Å². The van der Waals surface area contributed by atoms with Crippen LogP contribution < -0.4 is 0 Å². The number of hydrogen-bond acceptors (Lipinski definition) is 2. The summed E-state index contributed by atoms with van der Waals surface area (Å²) >= 11 is 5.40. The fourth-order valence-corrected chi connectivity index (χ4v) is 1.56. The fraction of sp³-hybridized carbons (Fsp3) is 0.364. The maximum Gasteiger partial charge on any atom is 0.416 e. The molecule has 0 fully saturated rings. The lowest BCUT2D eigenvalue weighted by molar-refractivity contribution is -0.143. The quantitative estimate of drug-likeness (QED) is 0.626. The lowest BCUT2D eigenvalue weighted by Gasteiger charge is -2.13. The second-order valence-electron chi connectivity index (χ2n) is 3.37. The van der Waals surface area contributed by atoms with E-state index in [0.717, 1.165) is 6.07 Å². The van der Waals surface area contributed by atoms with Crippen molar-refractivity contribution >= 4 is 17.6 Å². The second kappa shape index (κ2) is 5.56. The third-order valence-corrected chi connectivity index (χ3v) is 2.42. The summed E-state index contributed by atoms with van der Waals surface area (Å²) < 4.78 is 55.9. The van der Waals surface area contributed by atoms with E-state index in [1.807, 2.05) is 0 Å². The number of carbonyl (C=O) groups is 1. The Morgan fingerprint density at radius 1 is 1.39 bits per heavy atom. The van der Waals surface area contributed by atoms with Crippen molar-refractivity contribution in [1.82, 2.24) is 0 Å². The monoisotopic (exact) mass is 284 g/mol. The van der Waals surface area contributed by atoms with Crippen molar-refractivity contribution in [3.63, 3.8) is 0 Å². The Labute approximate surface area is 105 Å². The zero-order valence-electron chi connectivity index (χ0n) is 9.28. The van der Waals surface area contributed by atoms with Crippen LogP contribution in [0.1, 0.15) is 18.1 Å². The minimum absolute atomic E-state index is 0.00235. The Bertz CT molecular complexity index is 457. The molecule has 0 radical (unpaired) electrons. The van der Waals surface area contributed by atoms with Gasteiger partial charge in [-0.25, -0.2) is 4.39 Å². The molecule has 100 valence electrons. The van der Waals surface area contributed by atoms with E-state index in [1.165, 1.54) is 6.92 Å². The smallest absolute Gasteiger partial charge is 0.416 e. The Morgan fingerprint density at radius 3 is 2.50 bits per heavy atom. The Balaban J connectivity index is 3.21. The van der Waals surface area contributed by atoms with Gasteiger partial charge in [0, 0.05) is 5.56 Å². The van der Waals surface area contributed by atoms with Crippen LogP contribution in [0, 0.1) is 5.82 Å². The van der Waals surface area contributed by atoms with Crippen LogP contribution in [-0.4, -0.2) is 12.6 Å². The Morgan fingerprint density at radius 2 is 2.00 bits per heavy atom. The third kappa shape index (κ3) is 3.35. The number of esters is 1. The molecule has 0 aromatic heterocycles. The summed E-state index contributed by atoms with van der Waals surface area (Å²) in [7, 11) is 0. The minimum Gasteiger partial charge on any atom is -0.466 e. The Hall–Kier alpha value is -1.30. The molecule has 0 amide bonds. The maximum atomic E-state index is 13.6. The zero-order chi connectivity index (χ0) is 13.9. The van der Waals surface area contributed by atoms with E-state index < -0.39 is 40.5 Å². The number of hydrogen-bond donors (Lipinski definition) is 0. The number of alkyl halides is 3. The summed E-state index contributed by atoms with van der Waals surface area (Å²) in [6.07, 6.45) is -5.57. The van der Waals surface area contributed by atoms with E-state index in [9.17, 15) is 22.4 Å². The average molecular weight is 285 g/mol. The molecule has 1 aromatic rings. The summed E-state index contributed by atoms with van der Waals surface area (Å²) in [6, 6.07) is 1.44. The van der Waals surface area contributed by atoms with Crippen LogP contribution >= 0.6 is 11.6 Å². The molecular formula is C11H9ClF4O2. The highest BCUT2D eigenvalue weighted by molar-refractivity contribution is 6.30. The number of rotatable bonds is 3. The molecule has 0 unspecified atom stereocenters. The first-order valence-corrected chi connectivity index (χ1v) is 5.34. The van der Waals surface area contributed by atoms with Gasteiger partial charge in [0.05, 0.1) is 23.6 Å². The summed E-state index contributed by atoms with van der Waals surface area (Å²) in [5, 5.41) is -0.470. The van der Waals surface area contributed by atoms with Gasteiger partial charge in [-0.3, -0.25) is 4.79 Å². The van der Waals surface area contributed by atoms with Gasteiger partial charge in [0.1, 0.15) is 5.82 Å². The Kier molecular flexibility index (Phi) is 4.56. The second-order valence-corrected chi connectivity index (χ2v) is 3.77. The van der Waals surface area contributed by atoms with Gasteiger partial charge in [0.15, 0.2) is 0 Å². The predicted octanol–water partition coefficient (Wildman–Crippen LogP) is 3.60. The van der Waals surface area contributed by atoms with E-state index in [-0.39, 0.29) is 6.61 Å². The molecule has 0 atom stereocenters. The van der Waals surface area contributed by atoms with Gasteiger partial charge >= 0.3 is 12.1 Å². The van der Waals surface area contributed by atoms with E-state index in [0.29, 0.717) is 6.07 Å². The van der Waals surface area contributed by atoms with Crippen molar-refractivity contribution in [3.05, 3.63) is 34.1 Å². The first-order chi connectivity index (χ1) is 8.27. The maximum absolute atomic E-state index is 13.6. The summed E-state index contributed by atoms with van der Waals surface area (Å²) in [5.41, 5.74) is -2.02. The number of carbonyl (C=O) groups excluding carboxylic acids is 1. The average Bonchev–Trinajstić information content (AvgIpc) is 2.23. The molecule has 0 aliphatic carbocycles. The standard InChI is InChI=1S/C11H9ClF4O2/c1-2-18-9(17)5-6-7(11(14,15)16)3-4-8(12)10(6)13/h3-4H,2,5H2,1H3. The zero-order valence-corrected chi connectivity index (χ0v) is 10.0. The third-order valence-electron chi connectivity index (χ3n) is 2.13. The SMILES string of the molecule is CCOC(=O)Cc1c(C(F)(F)F)ccc(Cl)c1F.